The number of carbonyl (C=O) groups is 2. The van der Waals surface area contributed by atoms with Gasteiger partial charge in [0.2, 0.25) is 11.8 Å². The van der Waals surface area contributed by atoms with Crippen molar-refractivity contribution in [3.8, 4) is 0 Å². The average molecular weight is 341 g/mol. The molecule has 1 unspecified atom stereocenters. The highest BCUT2D eigenvalue weighted by Gasteiger charge is 2.27. The predicted octanol–water partition coefficient (Wildman–Crippen LogP) is 1.53. The van der Waals surface area contributed by atoms with Crippen LogP contribution >= 0.6 is 0 Å². The molecule has 1 aromatic carbocycles. The van der Waals surface area contributed by atoms with E-state index in [1.54, 1.807) is 0 Å². The van der Waals surface area contributed by atoms with E-state index < -0.39 is 0 Å². The van der Waals surface area contributed by atoms with Crippen molar-refractivity contribution in [2.24, 2.45) is 0 Å². The van der Waals surface area contributed by atoms with Gasteiger partial charge in [-0.2, -0.15) is 0 Å². The largest absolute Gasteiger partial charge is 0.350 e. The van der Waals surface area contributed by atoms with Crippen LogP contribution in [0.5, 0.6) is 0 Å². The Morgan fingerprint density at radius 2 is 1.92 bits per heavy atom. The number of hydrogen-bond donors (Lipinski definition) is 2. The van der Waals surface area contributed by atoms with Gasteiger partial charge in [0, 0.05) is 32.1 Å². The zero-order valence-corrected chi connectivity index (χ0v) is 14.7. The van der Waals surface area contributed by atoms with Crippen molar-refractivity contribution in [3.63, 3.8) is 0 Å². The minimum absolute atomic E-state index is 0.0267. The Morgan fingerprint density at radius 1 is 1.12 bits per heavy atom. The standard InChI is InChI=1S/C20H27N3O2/c24-19-7-6-18(22-19)20(25)21-13-14-4-5-15-8-10-23(17-2-1-3-17)11-9-16(15)12-14/h4-5,12,17-18H,1-3,6-11,13H2,(H,21,25)(H,22,24). The molecule has 5 heteroatoms. The van der Waals surface area contributed by atoms with Gasteiger partial charge >= 0.3 is 0 Å². The molecule has 0 spiro atoms. The quantitative estimate of drug-likeness (QED) is 0.873. The lowest BCUT2D eigenvalue weighted by Crippen LogP contribution is -2.41. The number of benzene rings is 1. The molecule has 1 saturated heterocycles. The lowest BCUT2D eigenvalue weighted by molar-refractivity contribution is -0.125. The fraction of sp³-hybridized carbons (Fsp3) is 0.600. The van der Waals surface area contributed by atoms with E-state index in [1.165, 1.54) is 36.9 Å². The van der Waals surface area contributed by atoms with Gasteiger partial charge in [0.1, 0.15) is 6.04 Å². The van der Waals surface area contributed by atoms with Gasteiger partial charge in [-0.05, 0) is 48.8 Å². The van der Waals surface area contributed by atoms with Gasteiger partial charge in [-0.1, -0.05) is 24.6 Å². The van der Waals surface area contributed by atoms with Crippen molar-refractivity contribution in [1.82, 2.24) is 15.5 Å². The number of carbonyl (C=O) groups excluding carboxylic acids is 2. The molecule has 2 amide bonds. The predicted molar refractivity (Wildman–Crippen MR) is 96.1 cm³/mol. The molecule has 4 rings (SSSR count). The second kappa shape index (κ2) is 7.16. The smallest absolute Gasteiger partial charge is 0.242 e. The molecular weight excluding hydrogens is 314 g/mol. The summed E-state index contributed by atoms with van der Waals surface area (Å²) >= 11 is 0. The van der Waals surface area contributed by atoms with Crippen molar-refractivity contribution in [1.29, 1.82) is 0 Å². The Labute approximate surface area is 149 Å². The third-order valence-electron chi connectivity index (χ3n) is 5.98. The van der Waals surface area contributed by atoms with E-state index in [0.29, 0.717) is 19.4 Å². The Morgan fingerprint density at radius 3 is 2.60 bits per heavy atom. The second-order valence-electron chi connectivity index (χ2n) is 7.60. The summed E-state index contributed by atoms with van der Waals surface area (Å²) in [5, 5.41) is 5.68. The Kier molecular flexibility index (Phi) is 4.75. The lowest BCUT2D eigenvalue weighted by atomic mass is 9.91. The first-order valence-electron chi connectivity index (χ1n) is 9.61. The van der Waals surface area contributed by atoms with E-state index in [9.17, 15) is 9.59 Å². The maximum Gasteiger partial charge on any atom is 0.242 e. The third kappa shape index (κ3) is 3.71. The fourth-order valence-electron chi connectivity index (χ4n) is 4.15. The molecule has 2 N–H and O–H groups in total. The molecular formula is C20H27N3O2. The van der Waals surface area contributed by atoms with Gasteiger partial charge in [-0.3, -0.25) is 14.5 Å². The first-order valence-corrected chi connectivity index (χ1v) is 9.61. The summed E-state index contributed by atoms with van der Waals surface area (Å²) < 4.78 is 0. The van der Waals surface area contributed by atoms with E-state index in [1.807, 2.05) is 0 Å². The molecule has 1 aliphatic carbocycles. The van der Waals surface area contributed by atoms with Gasteiger partial charge in [-0.15, -0.1) is 0 Å². The van der Waals surface area contributed by atoms with Crippen LogP contribution in [0.25, 0.3) is 0 Å². The van der Waals surface area contributed by atoms with Gasteiger partial charge in [-0.25, -0.2) is 0 Å². The molecule has 2 fully saturated rings. The normalized spacial score (nSPS) is 24.2. The molecule has 1 saturated carbocycles. The first kappa shape index (κ1) is 16.6. The zero-order chi connectivity index (χ0) is 17.2. The first-order chi connectivity index (χ1) is 12.2. The van der Waals surface area contributed by atoms with Crippen molar-refractivity contribution in [2.45, 2.75) is 63.6 Å². The van der Waals surface area contributed by atoms with Crippen LogP contribution in [-0.4, -0.2) is 41.9 Å². The monoisotopic (exact) mass is 341 g/mol. The molecule has 2 aliphatic heterocycles. The molecule has 1 atom stereocenters. The second-order valence-corrected chi connectivity index (χ2v) is 7.60. The van der Waals surface area contributed by atoms with E-state index in [0.717, 1.165) is 31.0 Å². The zero-order valence-electron chi connectivity index (χ0n) is 14.7. The molecule has 3 aliphatic rings. The lowest BCUT2D eigenvalue weighted by Gasteiger charge is -2.36. The summed E-state index contributed by atoms with van der Waals surface area (Å²) in [6.07, 6.45) is 7.41. The van der Waals surface area contributed by atoms with E-state index in [-0.39, 0.29) is 17.9 Å². The number of amides is 2. The Balaban J connectivity index is 1.34. The Hall–Kier alpha value is -1.88. The van der Waals surface area contributed by atoms with Crippen molar-refractivity contribution in [3.05, 3.63) is 34.9 Å². The highest BCUT2D eigenvalue weighted by atomic mass is 16.2. The van der Waals surface area contributed by atoms with Crippen LogP contribution in [0.4, 0.5) is 0 Å². The topological polar surface area (TPSA) is 61.4 Å². The number of rotatable bonds is 4. The number of fused-ring (bicyclic) bond motifs is 1. The van der Waals surface area contributed by atoms with Crippen LogP contribution < -0.4 is 10.6 Å². The number of hydrogen-bond acceptors (Lipinski definition) is 3. The molecule has 1 aromatic rings. The SMILES string of the molecule is O=C1CCC(C(=O)NCc2ccc3c(c2)CCN(C2CCC2)CC3)N1. The van der Waals surface area contributed by atoms with Crippen molar-refractivity contribution < 1.29 is 9.59 Å². The maximum atomic E-state index is 12.1. The van der Waals surface area contributed by atoms with Crippen LogP contribution in [0.2, 0.25) is 0 Å². The number of nitrogens with zero attached hydrogens (tertiary/aromatic N) is 1. The minimum atomic E-state index is -0.357. The molecule has 2 heterocycles. The molecule has 0 radical (unpaired) electrons. The van der Waals surface area contributed by atoms with E-state index in [2.05, 4.69) is 33.7 Å². The van der Waals surface area contributed by atoms with Gasteiger partial charge in [0.05, 0.1) is 0 Å². The summed E-state index contributed by atoms with van der Waals surface area (Å²) in [6.45, 7) is 2.86. The molecule has 0 bridgehead atoms. The van der Waals surface area contributed by atoms with Gasteiger partial charge < -0.3 is 10.6 Å². The van der Waals surface area contributed by atoms with Crippen molar-refractivity contribution in [2.75, 3.05) is 13.1 Å². The number of nitrogens with one attached hydrogen (secondary N) is 2. The fourth-order valence-corrected chi connectivity index (χ4v) is 4.15. The summed E-state index contributed by atoms with van der Waals surface area (Å²) in [5.41, 5.74) is 4.04. The van der Waals surface area contributed by atoms with Crippen LogP contribution in [-0.2, 0) is 29.0 Å². The Bertz CT molecular complexity index is 669. The summed E-state index contributed by atoms with van der Waals surface area (Å²) in [5.74, 6) is -0.0989. The molecule has 0 aromatic heterocycles. The molecule has 134 valence electrons. The summed E-state index contributed by atoms with van der Waals surface area (Å²) in [7, 11) is 0. The highest BCUT2D eigenvalue weighted by Crippen LogP contribution is 2.27. The van der Waals surface area contributed by atoms with Gasteiger partial charge in [0.15, 0.2) is 0 Å². The molecule has 25 heavy (non-hydrogen) atoms. The summed E-state index contributed by atoms with van der Waals surface area (Å²) in [6, 6.07) is 7.08. The minimum Gasteiger partial charge on any atom is -0.350 e. The van der Waals surface area contributed by atoms with Crippen LogP contribution in [0.3, 0.4) is 0 Å². The molecule has 5 nitrogen and oxygen atoms in total. The van der Waals surface area contributed by atoms with Crippen LogP contribution in [0.15, 0.2) is 18.2 Å². The van der Waals surface area contributed by atoms with E-state index in [4.69, 9.17) is 0 Å². The van der Waals surface area contributed by atoms with E-state index >= 15 is 0 Å². The highest BCUT2D eigenvalue weighted by molar-refractivity contribution is 5.90. The maximum absolute atomic E-state index is 12.1. The summed E-state index contributed by atoms with van der Waals surface area (Å²) in [4.78, 5) is 26.0. The third-order valence-corrected chi connectivity index (χ3v) is 5.98. The van der Waals surface area contributed by atoms with Crippen molar-refractivity contribution >= 4 is 11.8 Å². The average Bonchev–Trinajstić information content (AvgIpc) is 2.90. The van der Waals surface area contributed by atoms with Crippen LogP contribution in [0.1, 0.15) is 48.8 Å². The van der Waals surface area contributed by atoms with Crippen LogP contribution in [0, 0.1) is 0 Å². The van der Waals surface area contributed by atoms with Gasteiger partial charge in [0.25, 0.3) is 0 Å².